The van der Waals surface area contributed by atoms with Gasteiger partial charge in [-0.15, -0.1) is 0 Å². The lowest BCUT2D eigenvalue weighted by molar-refractivity contribution is 0.415. The van der Waals surface area contributed by atoms with Crippen LogP contribution in [0.3, 0.4) is 0 Å². The van der Waals surface area contributed by atoms with Gasteiger partial charge < -0.3 is 4.74 Å². The van der Waals surface area contributed by atoms with Gasteiger partial charge in [-0.2, -0.15) is 10.1 Å². The molecule has 2 aromatic carbocycles. The molecule has 158 valence electrons. The first-order valence-electron chi connectivity index (χ1n) is 9.33. The van der Waals surface area contributed by atoms with Gasteiger partial charge in [0.15, 0.2) is 11.2 Å². The number of nitrogens with zero attached hydrogens (tertiary/aromatic N) is 4. The predicted molar refractivity (Wildman–Crippen MR) is 120 cm³/mol. The Bertz CT molecular complexity index is 1390. The van der Waals surface area contributed by atoms with Crippen molar-refractivity contribution in [3.8, 4) is 5.75 Å². The quantitative estimate of drug-likeness (QED) is 0.355. The summed E-state index contributed by atoms with van der Waals surface area (Å²) in [5.74, 6) is 1.06. The summed E-state index contributed by atoms with van der Waals surface area (Å²) in [6.07, 6.45) is 1.62. The van der Waals surface area contributed by atoms with E-state index in [-0.39, 0.29) is 11.2 Å². The van der Waals surface area contributed by atoms with E-state index in [0.29, 0.717) is 17.5 Å². The molecule has 0 aliphatic carbocycles. The number of imidazole rings is 1. The van der Waals surface area contributed by atoms with Crippen LogP contribution in [0.25, 0.3) is 11.2 Å². The third-order valence-corrected chi connectivity index (χ3v) is 4.97. The minimum absolute atomic E-state index is 0.248. The van der Waals surface area contributed by atoms with Crippen LogP contribution in [0.1, 0.15) is 11.1 Å². The molecule has 10 heteroatoms. The molecule has 0 fully saturated rings. The largest absolute Gasteiger partial charge is 0.497 e. The van der Waals surface area contributed by atoms with Crippen LogP contribution >= 0.6 is 11.6 Å². The zero-order valence-corrected chi connectivity index (χ0v) is 17.6. The molecule has 0 radical (unpaired) electrons. The van der Waals surface area contributed by atoms with E-state index in [1.54, 1.807) is 37.1 Å². The number of hydrogen-bond acceptors (Lipinski definition) is 6. The molecule has 2 heterocycles. The molecule has 0 bridgehead atoms. The Morgan fingerprint density at radius 1 is 1.23 bits per heavy atom. The predicted octanol–water partition coefficient (Wildman–Crippen LogP) is 2.58. The lowest BCUT2D eigenvalue weighted by Gasteiger charge is -2.08. The second-order valence-corrected chi connectivity index (χ2v) is 7.22. The van der Waals surface area contributed by atoms with Crippen molar-refractivity contribution >= 4 is 34.9 Å². The zero-order chi connectivity index (χ0) is 22.0. The van der Waals surface area contributed by atoms with Crippen LogP contribution in [0.15, 0.2) is 63.2 Å². The summed E-state index contributed by atoms with van der Waals surface area (Å²) < 4.78 is 8.08. The van der Waals surface area contributed by atoms with Crippen LogP contribution in [0, 0.1) is 0 Å². The first-order valence-corrected chi connectivity index (χ1v) is 9.71. The van der Waals surface area contributed by atoms with Crippen molar-refractivity contribution < 1.29 is 4.74 Å². The van der Waals surface area contributed by atoms with Crippen LogP contribution in [0.2, 0.25) is 5.02 Å². The Balaban J connectivity index is 1.74. The van der Waals surface area contributed by atoms with Crippen molar-refractivity contribution in [1.82, 2.24) is 19.1 Å². The number of aryl methyl sites for hydroxylation is 1. The Hall–Kier alpha value is -3.85. The summed E-state index contributed by atoms with van der Waals surface area (Å²) in [6, 6.07) is 14.6. The summed E-state index contributed by atoms with van der Waals surface area (Å²) in [7, 11) is 3.14. The van der Waals surface area contributed by atoms with E-state index in [1.807, 2.05) is 36.4 Å². The van der Waals surface area contributed by atoms with E-state index in [4.69, 9.17) is 16.3 Å². The van der Waals surface area contributed by atoms with Gasteiger partial charge in [0.1, 0.15) is 5.75 Å². The topological polar surface area (TPSA) is 106 Å². The fourth-order valence-corrected chi connectivity index (χ4v) is 3.36. The molecule has 0 aliphatic heterocycles. The molecule has 0 unspecified atom stereocenters. The van der Waals surface area contributed by atoms with Crippen molar-refractivity contribution in [3.63, 3.8) is 0 Å². The second-order valence-electron chi connectivity index (χ2n) is 6.79. The zero-order valence-electron chi connectivity index (χ0n) is 16.8. The number of aromatic amines is 1. The molecule has 4 rings (SSSR count). The smallest absolute Gasteiger partial charge is 0.329 e. The molecule has 0 amide bonds. The van der Waals surface area contributed by atoms with Gasteiger partial charge in [-0.3, -0.25) is 18.9 Å². The van der Waals surface area contributed by atoms with E-state index in [9.17, 15) is 9.59 Å². The average molecular weight is 439 g/mol. The van der Waals surface area contributed by atoms with E-state index < -0.39 is 11.2 Å². The number of rotatable bonds is 6. The molecule has 9 nitrogen and oxygen atoms in total. The molecule has 0 aliphatic rings. The van der Waals surface area contributed by atoms with Crippen molar-refractivity contribution in [2.24, 2.45) is 12.1 Å². The third kappa shape index (κ3) is 4.22. The number of hydrogen-bond donors (Lipinski definition) is 2. The number of benzene rings is 2. The second kappa shape index (κ2) is 8.49. The molecule has 2 N–H and O–H groups in total. The van der Waals surface area contributed by atoms with E-state index in [2.05, 4.69) is 20.5 Å². The summed E-state index contributed by atoms with van der Waals surface area (Å²) in [4.78, 5) is 31.3. The van der Waals surface area contributed by atoms with Gasteiger partial charge in [-0.25, -0.2) is 10.2 Å². The summed E-state index contributed by atoms with van der Waals surface area (Å²) in [6.45, 7) is 0.304. The van der Waals surface area contributed by atoms with Gasteiger partial charge in [-0.1, -0.05) is 23.7 Å². The summed E-state index contributed by atoms with van der Waals surface area (Å²) >= 11 is 6.11. The molecular weight excluding hydrogens is 420 g/mol. The summed E-state index contributed by atoms with van der Waals surface area (Å²) in [5, 5.41) is 4.82. The minimum atomic E-state index is -0.543. The van der Waals surface area contributed by atoms with Gasteiger partial charge in [0.25, 0.3) is 5.56 Å². The lowest BCUT2D eigenvalue weighted by Crippen LogP contribution is -2.29. The standard InChI is InChI=1S/C21H19ClN6O3/c1-27-18-17(19(29)25-21(27)30)28(12-14-4-3-5-15(22)10-14)20(24-18)26-23-11-13-6-8-16(31-2)9-7-13/h3-11H,12H2,1-2H3,(H,24,26)(H,25,29,30). The first kappa shape index (κ1) is 20.4. The van der Waals surface area contributed by atoms with Gasteiger partial charge >= 0.3 is 5.69 Å². The number of nitrogens with one attached hydrogen (secondary N) is 2. The number of H-pyrrole nitrogens is 1. The van der Waals surface area contributed by atoms with Crippen LogP contribution < -0.4 is 21.4 Å². The number of halogens is 1. The van der Waals surface area contributed by atoms with Crippen molar-refractivity contribution in [2.45, 2.75) is 6.54 Å². The van der Waals surface area contributed by atoms with Gasteiger partial charge in [0.05, 0.1) is 19.9 Å². The number of hydrazone groups is 1. The number of methoxy groups -OCH3 is 1. The molecule has 0 saturated carbocycles. The molecule has 31 heavy (non-hydrogen) atoms. The highest BCUT2D eigenvalue weighted by Gasteiger charge is 2.17. The van der Waals surface area contributed by atoms with Gasteiger partial charge in [-0.05, 0) is 47.5 Å². The normalized spacial score (nSPS) is 11.3. The maximum Gasteiger partial charge on any atom is 0.329 e. The van der Waals surface area contributed by atoms with Crippen LogP contribution in [-0.2, 0) is 13.6 Å². The van der Waals surface area contributed by atoms with Gasteiger partial charge in [0, 0.05) is 12.1 Å². The number of anilines is 1. The number of ether oxygens (including phenoxy) is 1. The number of fused-ring (bicyclic) bond motifs is 1. The van der Waals surface area contributed by atoms with Crippen molar-refractivity contribution in [1.29, 1.82) is 0 Å². The third-order valence-electron chi connectivity index (χ3n) is 4.73. The fourth-order valence-electron chi connectivity index (χ4n) is 3.15. The fraction of sp³-hybridized carbons (Fsp3) is 0.143. The van der Waals surface area contributed by atoms with E-state index >= 15 is 0 Å². The minimum Gasteiger partial charge on any atom is -0.497 e. The molecule has 0 spiro atoms. The Kier molecular flexibility index (Phi) is 5.59. The molecule has 2 aromatic heterocycles. The van der Waals surface area contributed by atoms with Crippen molar-refractivity contribution in [3.05, 3.63) is 85.5 Å². The first-order chi connectivity index (χ1) is 15.0. The highest BCUT2D eigenvalue weighted by molar-refractivity contribution is 6.30. The highest BCUT2D eigenvalue weighted by Crippen LogP contribution is 2.19. The van der Waals surface area contributed by atoms with Crippen molar-refractivity contribution in [2.75, 3.05) is 12.5 Å². The average Bonchev–Trinajstić information content (AvgIpc) is 3.11. The molecule has 0 saturated heterocycles. The maximum atomic E-state index is 12.6. The highest BCUT2D eigenvalue weighted by atomic mass is 35.5. The Morgan fingerprint density at radius 3 is 2.71 bits per heavy atom. The monoisotopic (exact) mass is 438 g/mol. The SMILES string of the molecule is COc1ccc(C=NNc2nc3c(c(=O)[nH]c(=O)n3C)n2Cc2cccc(Cl)c2)cc1. The van der Waals surface area contributed by atoms with Crippen LogP contribution in [0.5, 0.6) is 5.75 Å². The maximum absolute atomic E-state index is 12.6. The number of aromatic nitrogens is 4. The van der Waals surface area contributed by atoms with Crippen LogP contribution in [0.4, 0.5) is 5.95 Å². The Labute approximate surface area is 181 Å². The lowest BCUT2D eigenvalue weighted by atomic mass is 10.2. The van der Waals surface area contributed by atoms with Gasteiger partial charge in [0.2, 0.25) is 5.95 Å². The Morgan fingerprint density at radius 2 is 2.00 bits per heavy atom. The molecule has 4 aromatic rings. The van der Waals surface area contributed by atoms with E-state index in [1.165, 1.54) is 4.57 Å². The molecular formula is C21H19ClN6O3. The molecule has 0 atom stereocenters. The summed E-state index contributed by atoms with van der Waals surface area (Å²) in [5.41, 5.74) is 4.01. The van der Waals surface area contributed by atoms with E-state index in [0.717, 1.165) is 16.9 Å². The van der Waals surface area contributed by atoms with Crippen LogP contribution in [-0.4, -0.2) is 32.4 Å².